The van der Waals surface area contributed by atoms with Crippen molar-refractivity contribution in [1.82, 2.24) is 0 Å². The molecule has 2 aliphatic rings. The molecule has 0 unspecified atom stereocenters. The fourth-order valence-electron chi connectivity index (χ4n) is 3.21. The summed E-state index contributed by atoms with van der Waals surface area (Å²) in [5.41, 5.74) is 6.45. The molecule has 2 aromatic rings. The molecule has 2 aliphatic carbocycles. The van der Waals surface area contributed by atoms with Crippen molar-refractivity contribution in [3.63, 3.8) is 0 Å². The van der Waals surface area contributed by atoms with Gasteiger partial charge in [-0.1, -0.05) is 0 Å². The predicted octanol–water partition coefficient (Wildman–Crippen LogP) is 5.98. The number of hydrogen-bond donors (Lipinski definition) is 0. The molecule has 18 heavy (non-hydrogen) atoms. The molecule has 0 aliphatic heterocycles. The molecule has 0 radical (unpaired) electrons. The summed E-state index contributed by atoms with van der Waals surface area (Å²) in [7, 11) is 0. The van der Waals surface area contributed by atoms with Crippen LogP contribution in [0.1, 0.15) is 35.1 Å². The van der Waals surface area contributed by atoms with Gasteiger partial charge in [-0.3, -0.25) is 0 Å². The number of hydrogen-bond acceptors (Lipinski definition) is 2. The maximum Gasteiger partial charge on any atom is 0.0740 e. The van der Waals surface area contributed by atoms with Crippen LogP contribution in [-0.2, 0) is 25.7 Å². The fraction of sp³-hybridized carbons (Fsp3) is 0.429. The number of rotatable bonds is 1. The third-order valence-corrected chi connectivity index (χ3v) is 8.27. The summed E-state index contributed by atoms with van der Waals surface area (Å²) in [6.45, 7) is 0. The third-order valence-electron chi connectivity index (χ3n) is 4.05. The molecular formula is C14H12Br2S2. The first-order valence-electron chi connectivity index (χ1n) is 6.36. The lowest BCUT2D eigenvalue weighted by Crippen LogP contribution is -1.82. The SMILES string of the molecule is Brc1sc(-c2sc(Br)c3c2CCC3)c2c1CCC2. The summed E-state index contributed by atoms with van der Waals surface area (Å²) < 4.78 is 2.75. The van der Waals surface area contributed by atoms with E-state index in [1.165, 1.54) is 46.1 Å². The van der Waals surface area contributed by atoms with Crippen molar-refractivity contribution in [3.8, 4) is 9.75 Å². The van der Waals surface area contributed by atoms with Gasteiger partial charge in [-0.15, -0.1) is 22.7 Å². The van der Waals surface area contributed by atoms with Crippen LogP contribution < -0.4 is 0 Å². The molecule has 4 heteroatoms. The zero-order valence-corrected chi connectivity index (χ0v) is 14.6. The van der Waals surface area contributed by atoms with Crippen LogP contribution >= 0.6 is 54.5 Å². The van der Waals surface area contributed by atoms with E-state index in [4.69, 9.17) is 0 Å². The second kappa shape index (κ2) is 4.44. The Kier molecular flexibility index (Phi) is 2.99. The van der Waals surface area contributed by atoms with Gasteiger partial charge in [-0.05, 0) is 92.6 Å². The highest BCUT2D eigenvalue weighted by Gasteiger charge is 2.28. The van der Waals surface area contributed by atoms with Crippen LogP contribution in [0.3, 0.4) is 0 Å². The van der Waals surface area contributed by atoms with Crippen molar-refractivity contribution in [1.29, 1.82) is 0 Å². The molecule has 4 rings (SSSR count). The molecule has 0 bridgehead atoms. The topological polar surface area (TPSA) is 0 Å². The van der Waals surface area contributed by atoms with E-state index in [1.807, 2.05) is 22.7 Å². The fourth-order valence-corrected chi connectivity index (χ4v) is 7.50. The van der Waals surface area contributed by atoms with Crippen molar-refractivity contribution < 1.29 is 0 Å². The van der Waals surface area contributed by atoms with E-state index in [9.17, 15) is 0 Å². The molecular weight excluding hydrogens is 392 g/mol. The molecule has 0 N–H and O–H groups in total. The lowest BCUT2D eigenvalue weighted by atomic mass is 10.1. The summed E-state index contributed by atoms with van der Waals surface area (Å²) in [6.07, 6.45) is 7.74. The first-order chi connectivity index (χ1) is 8.75. The van der Waals surface area contributed by atoms with E-state index >= 15 is 0 Å². The predicted molar refractivity (Wildman–Crippen MR) is 87.1 cm³/mol. The lowest BCUT2D eigenvalue weighted by molar-refractivity contribution is 0.908. The second-order valence-electron chi connectivity index (χ2n) is 5.03. The van der Waals surface area contributed by atoms with E-state index < -0.39 is 0 Å². The Morgan fingerprint density at radius 1 is 0.611 bits per heavy atom. The minimum atomic E-state index is 1.27. The molecule has 0 saturated carbocycles. The van der Waals surface area contributed by atoms with E-state index in [2.05, 4.69) is 31.9 Å². The van der Waals surface area contributed by atoms with Crippen LogP contribution in [-0.4, -0.2) is 0 Å². The van der Waals surface area contributed by atoms with E-state index in [0.717, 1.165) is 0 Å². The summed E-state index contributed by atoms with van der Waals surface area (Å²) in [5, 5.41) is 0. The normalized spacial score (nSPS) is 17.2. The molecule has 0 atom stereocenters. The molecule has 2 aromatic heterocycles. The van der Waals surface area contributed by atoms with Gasteiger partial charge in [-0.25, -0.2) is 0 Å². The molecule has 2 heterocycles. The summed E-state index contributed by atoms with van der Waals surface area (Å²) in [4.78, 5) is 3.12. The van der Waals surface area contributed by atoms with Crippen LogP contribution in [0.15, 0.2) is 7.57 Å². The minimum Gasteiger partial charge on any atom is -0.127 e. The number of thiophene rings is 2. The van der Waals surface area contributed by atoms with E-state index in [0.29, 0.717) is 0 Å². The van der Waals surface area contributed by atoms with Crippen molar-refractivity contribution in [2.75, 3.05) is 0 Å². The number of fused-ring (bicyclic) bond motifs is 2. The van der Waals surface area contributed by atoms with Crippen LogP contribution in [0.2, 0.25) is 0 Å². The molecule has 0 spiro atoms. The van der Waals surface area contributed by atoms with E-state index in [-0.39, 0.29) is 0 Å². The van der Waals surface area contributed by atoms with Crippen molar-refractivity contribution in [3.05, 3.63) is 29.8 Å². The van der Waals surface area contributed by atoms with Crippen molar-refractivity contribution in [2.45, 2.75) is 38.5 Å². The molecule has 0 nitrogen and oxygen atoms in total. The lowest BCUT2D eigenvalue weighted by Gasteiger charge is -2.00. The summed E-state index contributed by atoms with van der Waals surface area (Å²) in [5.74, 6) is 0. The van der Waals surface area contributed by atoms with Gasteiger partial charge in [0.15, 0.2) is 0 Å². The standard InChI is InChI=1S/C14H12Br2S2/c15-13-9-5-1-3-7(9)11(17-13)12-8-4-2-6-10(8)14(16)18-12/h1-6H2. The third kappa shape index (κ3) is 1.65. The first kappa shape index (κ1) is 12.1. The number of halogens is 2. The van der Waals surface area contributed by atoms with Crippen molar-refractivity contribution >= 4 is 54.5 Å². The van der Waals surface area contributed by atoms with Crippen LogP contribution in [0, 0.1) is 0 Å². The molecule has 0 saturated heterocycles. The highest BCUT2D eigenvalue weighted by Crippen LogP contribution is 2.51. The maximum absolute atomic E-state index is 3.76. The van der Waals surface area contributed by atoms with Gasteiger partial charge in [0.25, 0.3) is 0 Å². The van der Waals surface area contributed by atoms with Gasteiger partial charge >= 0.3 is 0 Å². The monoisotopic (exact) mass is 402 g/mol. The average molecular weight is 404 g/mol. The highest BCUT2D eigenvalue weighted by molar-refractivity contribution is 9.11. The molecule has 0 amide bonds. The van der Waals surface area contributed by atoms with Gasteiger partial charge in [0, 0.05) is 9.75 Å². The van der Waals surface area contributed by atoms with Gasteiger partial charge in [0.1, 0.15) is 0 Å². The van der Waals surface area contributed by atoms with Gasteiger partial charge < -0.3 is 0 Å². The zero-order chi connectivity index (χ0) is 12.3. The van der Waals surface area contributed by atoms with Crippen LogP contribution in [0.5, 0.6) is 0 Å². The first-order valence-corrected chi connectivity index (χ1v) is 9.58. The summed E-state index contributed by atoms with van der Waals surface area (Å²) >= 11 is 11.4. The summed E-state index contributed by atoms with van der Waals surface area (Å²) in [6, 6.07) is 0. The molecule has 0 fully saturated rings. The smallest absolute Gasteiger partial charge is 0.0740 e. The Morgan fingerprint density at radius 2 is 1.00 bits per heavy atom. The van der Waals surface area contributed by atoms with Gasteiger partial charge in [0.05, 0.1) is 7.57 Å². The highest BCUT2D eigenvalue weighted by atomic mass is 79.9. The Hall–Kier alpha value is 0.360. The average Bonchev–Trinajstić information content (AvgIpc) is 3.06. The van der Waals surface area contributed by atoms with E-state index in [1.54, 1.807) is 32.0 Å². The maximum atomic E-state index is 3.76. The minimum absolute atomic E-state index is 1.27. The molecule has 0 aromatic carbocycles. The van der Waals surface area contributed by atoms with Gasteiger partial charge in [-0.2, -0.15) is 0 Å². The Labute approximate surface area is 132 Å². The Bertz CT molecular complexity index is 581. The van der Waals surface area contributed by atoms with Crippen molar-refractivity contribution in [2.24, 2.45) is 0 Å². The van der Waals surface area contributed by atoms with Crippen LogP contribution in [0.4, 0.5) is 0 Å². The molecule has 94 valence electrons. The van der Waals surface area contributed by atoms with Crippen LogP contribution in [0.25, 0.3) is 9.75 Å². The second-order valence-corrected chi connectivity index (χ2v) is 9.71. The largest absolute Gasteiger partial charge is 0.127 e. The Balaban J connectivity index is 1.94. The quantitative estimate of drug-likeness (QED) is 0.549. The zero-order valence-electron chi connectivity index (χ0n) is 9.82. The van der Waals surface area contributed by atoms with Gasteiger partial charge in [0.2, 0.25) is 0 Å². The Morgan fingerprint density at radius 3 is 1.44 bits per heavy atom.